The van der Waals surface area contributed by atoms with Gasteiger partial charge >= 0.3 is 6.18 Å². The van der Waals surface area contributed by atoms with Crippen molar-refractivity contribution in [1.29, 1.82) is 0 Å². The van der Waals surface area contributed by atoms with Crippen molar-refractivity contribution in [1.82, 2.24) is 4.98 Å². The van der Waals surface area contributed by atoms with Gasteiger partial charge in [-0.1, -0.05) is 0 Å². The fraction of sp³-hybridized carbons (Fsp3) is 0.429. The number of rotatable bonds is 3. The summed E-state index contributed by atoms with van der Waals surface area (Å²) in [5, 5.41) is 3.29. The fourth-order valence-corrected chi connectivity index (χ4v) is 3.80. The van der Waals surface area contributed by atoms with Crippen LogP contribution in [0.3, 0.4) is 0 Å². The summed E-state index contributed by atoms with van der Waals surface area (Å²) >= 11 is 0. The van der Waals surface area contributed by atoms with Gasteiger partial charge < -0.3 is 19.9 Å². The lowest BCUT2D eigenvalue weighted by Gasteiger charge is -2.33. The number of halogens is 3. The number of nitrogens with one attached hydrogen (secondary N) is 1. The summed E-state index contributed by atoms with van der Waals surface area (Å²) in [6, 6.07) is 9.20. The SMILES string of the molecule is Cc1nc(N2CCC(C(F)(F)F)CC2)ccc1Nc1ccc2c(c1)OCC(=O)N2C. The molecule has 3 heterocycles. The molecule has 0 spiro atoms. The zero-order chi connectivity index (χ0) is 21.5. The van der Waals surface area contributed by atoms with Crippen molar-refractivity contribution < 1.29 is 22.7 Å². The van der Waals surface area contributed by atoms with Gasteiger partial charge in [0.2, 0.25) is 0 Å². The Kier molecular flexibility index (Phi) is 5.21. The maximum Gasteiger partial charge on any atom is 0.391 e. The first-order chi connectivity index (χ1) is 14.2. The van der Waals surface area contributed by atoms with Crippen LogP contribution in [0, 0.1) is 12.8 Å². The van der Waals surface area contributed by atoms with Crippen molar-refractivity contribution in [3.05, 3.63) is 36.0 Å². The molecule has 1 amide bonds. The Balaban J connectivity index is 1.45. The second-order valence-corrected chi connectivity index (χ2v) is 7.65. The van der Waals surface area contributed by atoms with Gasteiger partial charge in [0.15, 0.2) is 6.61 Å². The summed E-state index contributed by atoms with van der Waals surface area (Å²) in [4.78, 5) is 19.8. The molecule has 9 heteroatoms. The summed E-state index contributed by atoms with van der Waals surface area (Å²) in [6.07, 6.45) is -3.93. The van der Waals surface area contributed by atoms with Crippen LogP contribution in [0.5, 0.6) is 5.75 Å². The number of ether oxygens (including phenoxy) is 1. The molecule has 0 radical (unpaired) electrons. The molecule has 0 aliphatic carbocycles. The number of hydrogen-bond acceptors (Lipinski definition) is 5. The molecule has 2 aromatic rings. The molecule has 4 rings (SSSR count). The predicted octanol–water partition coefficient (Wildman–Crippen LogP) is 4.27. The topological polar surface area (TPSA) is 57.7 Å². The molecule has 1 aromatic heterocycles. The lowest BCUT2D eigenvalue weighted by atomic mass is 9.96. The molecule has 1 fully saturated rings. The summed E-state index contributed by atoms with van der Waals surface area (Å²) < 4.78 is 44.1. The number of aryl methyl sites for hydroxylation is 1. The van der Waals surface area contributed by atoms with Crippen molar-refractivity contribution in [2.75, 3.05) is 41.9 Å². The first-order valence-electron chi connectivity index (χ1n) is 9.82. The van der Waals surface area contributed by atoms with E-state index in [1.165, 1.54) is 0 Å². The minimum Gasteiger partial charge on any atom is -0.481 e. The van der Waals surface area contributed by atoms with Gasteiger partial charge in [0.05, 0.1) is 23.0 Å². The molecule has 30 heavy (non-hydrogen) atoms. The van der Waals surface area contributed by atoms with Gasteiger partial charge in [-0.05, 0) is 44.0 Å². The molecular weight excluding hydrogens is 397 g/mol. The standard InChI is InChI=1S/C21H23F3N4O2/c1-13-16(26-15-3-5-17-18(11-15)30-12-20(29)27(17)2)4-6-19(25-13)28-9-7-14(8-10-28)21(22,23)24/h3-6,11,14,26H,7-10,12H2,1-2H3. The van der Waals surface area contributed by atoms with E-state index in [9.17, 15) is 18.0 Å². The number of nitrogens with zero attached hydrogens (tertiary/aromatic N) is 3. The van der Waals surface area contributed by atoms with E-state index in [-0.39, 0.29) is 25.4 Å². The van der Waals surface area contributed by atoms with Crippen LogP contribution in [0.4, 0.5) is 36.1 Å². The Labute approximate surface area is 172 Å². The minimum atomic E-state index is -4.12. The van der Waals surface area contributed by atoms with Crippen LogP contribution < -0.4 is 19.9 Å². The Bertz CT molecular complexity index is 956. The van der Waals surface area contributed by atoms with Gasteiger partial charge in [-0.3, -0.25) is 4.79 Å². The molecule has 0 saturated carbocycles. The van der Waals surface area contributed by atoms with Crippen molar-refractivity contribution >= 4 is 28.8 Å². The van der Waals surface area contributed by atoms with Gasteiger partial charge in [0, 0.05) is 31.9 Å². The highest BCUT2D eigenvalue weighted by molar-refractivity contribution is 5.97. The highest BCUT2D eigenvalue weighted by Crippen LogP contribution is 2.36. The van der Waals surface area contributed by atoms with Gasteiger partial charge in [-0.25, -0.2) is 4.98 Å². The van der Waals surface area contributed by atoms with E-state index in [2.05, 4.69) is 10.3 Å². The van der Waals surface area contributed by atoms with Crippen LogP contribution >= 0.6 is 0 Å². The number of carbonyl (C=O) groups excluding carboxylic acids is 1. The molecule has 1 saturated heterocycles. The van der Waals surface area contributed by atoms with Crippen LogP contribution in [0.25, 0.3) is 0 Å². The molecule has 0 atom stereocenters. The van der Waals surface area contributed by atoms with Crippen LogP contribution in [-0.4, -0.2) is 43.8 Å². The predicted molar refractivity (Wildman–Crippen MR) is 109 cm³/mol. The lowest BCUT2D eigenvalue weighted by Crippen LogP contribution is -2.39. The number of carbonyl (C=O) groups is 1. The maximum absolute atomic E-state index is 12.9. The molecule has 160 valence electrons. The van der Waals surface area contributed by atoms with Crippen molar-refractivity contribution in [3.63, 3.8) is 0 Å². The summed E-state index contributed by atoms with van der Waals surface area (Å²) in [6.45, 7) is 2.55. The number of anilines is 4. The quantitative estimate of drug-likeness (QED) is 0.804. The number of piperidine rings is 1. The molecule has 2 aliphatic rings. The van der Waals surface area contributed by atoms with Gasteiger partial charge in [-0.15, -0.1) is 0 Å². The van der Waals surface area contributed by atoms with E-state index in [4.69, 9.17) is 4.74 Å². The molecule has 1 aromatic carbocycles. The van der Waals surface area contributed by atoms with E-state index in [0.717, 1.165) is 17.1 Å². The molecule has 1 N–H and O–H groups in total. The lowest BCUT2D eigenvalue weighted by molar-refractivity contribution is -0.179. The van der Waals surface area contributed by atoms with Crippen LogP contribution in [0.1, 0.15) is 18.5 Å². The molecule has 0 bridgehead atoms. The Hall–Kier alpha value is -2.97. The average molecular weight is 420 g/mol. The highest BCUT2D eigenvalue weighted by atomic mass is 19.4. The van der Waals surface area contributed by atoms with Crippen LogP contribution in [0.15, 0.2) is 30.3 Å². The molecular formula is C21H23F3N4O2. The first kappa shape index (κ1) is 20.3. The molecule has 2 aliphatic heterocycles. The number of benzene rings is 1. The number of alkyl halides is 3. The number of hydrogen-bond donors (Lipinski definition) is 1. The highest BCUT2D eigenvalue weighted by Gasteiger charge is 2.41. The largest absolute Gasteiger partial charge is 0.481 e. The van der Waals surface area contributed by atoms with Crippen LogP contribution in [-0.2, 0) is 4.79 Å². The monoisotopic (exact) mass is 420 g/mol. The van der Waals surface area contributed by atoms with Gasteiger partial charge in [-0.2, -0.15) is 13.2 Å². The zero-order valence-electron chi connectivity index (χ0n) is 16.8. The summed E-state index contributed by atoms with van der Waals surface area (Å²) in [5.74, 6) is -0.0149. The van der Waals surface area contributed by atoms with E-state index in [1.807, 2.05) is 42.2 Å². The maximum atomic E-state index is 12.9. The third-order valence-electron chi connectivity index (χ3n) is 5.68. The fourth-order valence-electron chi connectivity index (χ4n) is 3.80. The first-order valence-corrected chi connectivity index (χ1v) is 9.82. The zero-order valence-corrected chi connectivity index (χ0v) is 16.8. The van der Waals surface area contributed by atoms with Crippen molar-refractivity contribution in [2.45, 2.75) is 25.9 Å². The number of fused-ring (bicyclic) bond motifs is 1. The smallest absolute Gasteiger partial charge is 0.391 e. The summed E-state index contributed by atoms with van der Waals surface area (Å²) in [7, 11) is 1.71. The molecule has 6 nitrogen and oxygen atoms in total. The second kappa shape index (κ2) is 7.70. The van der Waals surface area contributed by atoms with E-state index < -0.39 is 12.1 Å². The van der Waals surface area contributed by atoms with Gasteiger partial charge in [0.25, 0.3) is 5.91 Å². The third kappa shape index (κ3) is 4.01. The minimum absolute atomic E-state index is 0.00721. The van der Waals surface area contributed by atoms with E-state index >= 15 is 0 Å². The Morgan fingerprint density at radius 2 is 1.90 bits per heavy atom. The second-order valence-electron chi connectivity index (χ2n) is 7.65. The van der Waals surface area contributed by atoms with Crippen molar-refractivity contribution in [2.24, 2.45) is 5.92 Å². The number of amides is 1. The van der Waals surface area contributed by atoms with E-state index in [0.29, 0.717) is 30.3 Å². The summed E-state index contributed by atoms with van der Waals surface area (Å²) in [5.41, 5.74) is 3.05. The van der Waals surface area contributed by atoms with E-state index in [1.54, 1.807) is 11.9 Å². The average Bonchev–Trinajstić information content (AvgIpc) is 2.72. The number of aromatic nitrogens is 1. The third-order valence-corrected chi connectivity index (χ3v) is 5.68. The van der Waals surface area contributed by atoms with Crippen molar-refractivity contribution in [3.8, 4) is 5.75 Å². The normalized spacial score (nSPS) is 17.6. The van der Waals surface area contributed by atoms with Gasteiger partial charge in [0.1, 0.15) is 11.6 Å². The number of pyridine rings is 1. The van der Waals surface area contributed by atoms with Crippen LogP contribution in [0.2, 0.25) is 0 Å². The Morgan fingerprint density at radius 3 is 2.57 bits per heavy atom. The number of likely N-dealkylation sites (N-methyl/N-ethyl adjacent to an activating group) is 1. The molecule has 0 unspecified atom stereocenters. The Morgan fingerprint density at radius 1 is 1.17 bits per heavy atom.